The van der Waals surface area contributed by atoms with E-state index in [9.17, 15) is 4.79 Å². The van der Waals surface area contributed by atoms with Crippen LogP contribution in [0.4, 0.5) is 0 Å². The molecule has 0 amide bonds. The zero-order valence-corrected chi connectivity index (χ0v) is 11.3. The van der Waals surface area contributed by atoms with Crippen LogP contribution in [0.1, 0.15) is 59.3 Å². The summed E-state index contributed by atoms with van der Waals surface area (Å²) < 4.78 is 5.40. The molecule has 1 aliphatic carbocycles. The molecule has 1 heterocycles. The van der Waals surface area contributed by atoms with Crippen molar-refractivity contribution in [1.29, 1.82) is 0 Å². The minimum atomic E-state index is -0.0286. The van der Waals surface area contributed by atoms with Gasteiger partial charge in [0.1, 0.15) is 5.76 Å². The zero-order chi connectivity index (χ0) is 12.5. The summed E-state index contributed by atoms with van der Waals surface area (Å²) in [5, 5.41) is 0. The summed E-state index contributed by atoms with van der Waals surface area (Å²) in [6.45, 7) is 6.54. The highest BCUT2D eigenvalue weighted by Crippen LogP contribution is 2.46. The maximum Gasteiger partial charge on any atom is 0.314 e. The number of ether oxygens (including phenoxy) is 1. The van der Waals surface area contributed by atoms with Crippen LogP contribution >= 0.6 is 0 Å². The van der Waals surface area contributed by atoms with E-state index in [0.29, 0.717) is 5.92 Å². The lowest BCUT2D eigenvalue weighted by atomic mass is 9.71. The summed E-state index contributed by atoms with van der Waals surface area (Å²) in [6, 6.07) is 0. The van der Waals surface area contributed by atoms with E-state index in [0.717, 1.165) is 12.2 Å². The Bertz CT molecular complexity index is 332. The van der Waals surface area contributed by atoms with Crippen LogP contribution in [0.25, 0.3) is 0 Å². The first-order valence-electron chi connectivity index (χ1n) is 7.00. The molecule has 3 unspecified atom stereocenters. The lowest BCUT2D eigenvalue weighted by Gasteiger charge is -2.33. The summed E-state index contributed by atoms with van der Waals surface area (Å²) >= 11 is 0. The molecule has 0 N–H and O–H groups in total. The van der Waals surface area contributed by atoms with Gasteiger partial charge in [-0.2, -0.15) is 0 Å². The van der Waals surface area contributed by atoms with E-state index in [4.69, 9.17) is 4.74 Å². The smallest absolute Gasteiger partial charge is 0.314 e. The fourth-order valence-electron chi connectivity index (χ4n) is 3.10. The maximum atomic E-state index is 11.5. The Labute approximate surface area is 104 Å². The third-order valence-electron chi connectivity index (χ3n) is 4.43. The van der Waals surface area contributed by atoms with E-state index in [-0.39, 0.29) is 17.3 Å². The van der Waals surface area contributed by atoms with Crippen LogP contribution in [0, 0.1) is 17.3 Å². The van der Waals surface area contributed by atoms with E-state index < -0.39 is 0 Å². The van der Waals surface area contributed by atoms with Gasteiger partial charge in [-0.15, -0.1) is 0 Å². The van der Waals surface area contributed by atoms with E-state index in [2.05, 4.69) is 19.9 Å². The fraction of sp³-hybridized carbons (Fsp3) is 0.800. The molecule has 0 aromatic rings. The summed E-state index contributed by atoms with van der Waals surface area (Å²) in [4.78, 5) is 11.5. The Balaban J connectivity index is 2.04. The second kappa shape index (κ2) is 4.83. The minimum absolute atomic E-state index is 0.0286. The van der Waals surface area contributed by atoms with Crippen molar-refractivity contribution >= 4 is 5.97 Å². The highest BCUT2D eigenvalue weighted by Gasteiger charge is 2.42. The first-order chi connectivity index (χ1) is 8.06. The highest BCUT2D eigenvalue weighted by atomic mass is 16.5. The molecule has 1 fully saturated rings. The number of rotatable bonds is 4. The van der Waals surface area contributed by atoms with Gasteiger partial charge in [-0.1, -0.05) is 40.0 Å². The Morgan fingerprint density at radius 3 is 2.94 bits per heavy atom. The van der Waals surface area contributed by atoms with Gasteiger partial charge in [-0.3, -0.25) is 4.79 Å². The molecule has 2 rings (SSSR count). The van der Waals surface area contributed by atoms with Crippen LogP contribution in [0.15, 0.2) is 11.8 Å². The second-order valence-electron chi connectivity index (χ2n) is 6.01. The molecule has 17 heavy (non-hydrogen) atoms. The van der Waals surface area contributed by atoms with Crippen molar-refractivity contribution < 1.29 is 9.53 Å². The van der Waals surface area contributed by atoms with E-state index in [1.54, 1.807) is 0 Å². The second-order valence-corrected chi connectivity index (χ2v) is 6.01. The molecule has 0 bridgehead atoms. The topological polar surface area (TPSA) is 26.3 Å². The van der Waals surface area contributed by atoms with Crippen molar-refractivity contribution in [2.24, 2.45) is 17.3 Å². The summed E-state index contributed by atoms with van der Waals surface area (Å²) in [5.41, 5.74) is 0.255. The number of allylic oxidation sites excluding steroid dienone is 2. The molecule has 2 aliphatic rings. The molecule has 1 aliphatic heterocycles. The van der Waals surface area contributed by atoms with Gasteiger partial charge in [-0.05, 0) is 30.8 Å². The Morgan fingerprint density at radius 1 is 1.47 bits per heavy atom. The minimum Gasteiger partial charge on any atom is -0.431 e. The monoisotopic (exact) mass is 236 g/mol. The van der Waals surface area contributed by atoms with Crippen LogP contribution in [-0.4, -0.2) is 5.97 Å². The Morgan fingerprint density at radius 2 is 2.24 bits per heavy atom. The van der Waals surface area contributed by atoms with Crippen molar-refractivity contribution in [3.05, 3.63) is 11.8 Å². The fourth-order valence-corrected chi connectivity index (χ4v) is 3.10. The summed E-state index contributed by atoms with van der Waals surface area (Å²) in [6.07, 6.45) is 9.64. The Kier molecular flexibility index (Phi) is 3.60. The number of hydrogen-bond acceptors (Lipinski definition) is 2. The molecule has 0 saturated carbocycles. The van der Waals surface area contributed by atoms with Gasteiger partial charge in [0.15, 0.2) is 0 Å². The molecule has 96 valence electrons. The first kappa shape index (κ1) is 12.7. The van der Waals surface area contributed by atoms with E-state index in [1.165, 1.54) is 32.1 Å². The van der Waals surface area contributed by atoms with E-state index in [1.807, 2.05) is 6.92 Å². The van der Waals surface area contributed by atoms with Crippen molar-refractivity contribution in [3.63, 3.8) is 0 Å². The predicted molar refractivity (Wildman–Crippen MR) is 68.3 cm³/mol. The molecular formula is C15H24O2. The third-order valence-corrected chi connectivity index (χ3v) is 4.43. The van der Waals surface area contributed by atoms with Crippen molar-refractivity contribution in [2.75, 3.05) is 0 Å². The van der Waals surface area contributed by atoms with Gasteiger partial charge in [0.2, 0.25) is 0 Å². The van der Waals surface area contributed by atoms with Crippen LogP contribution < -0.4 is 0 Å². The number of carbonyl (C=O) groups is 1. The number of esters is 1. The SMILES string of the molecule is CCCCCC1(C)C=C2OC(=O)C(C)C2CC1. The summed E-state index contributed by atoms with van der Waals surface area (Å²) in [7, 11) is 0. The van der Waals surface area contributed by atoms with Gasteiger partial charge in [0.25, 0.3) is 0 Å². The molecule has 0 aromatic carbocycles. The summed E-state index contributed by atoms with van der Waals surface area (Å²) in [5.74, 6) is 1.37. The van der Waals surface area contributed by atoms with Crippen molar-refractivity contribution in [2.45, 2.75) is 59.3 Å². The normalized spacial score (nSPS) is 36.4. The highest BCUT2D eigenvalue weighted by molar-refractivity contribution is 5.77. The largest absolute Gasteiger partial charge is 0.431 e. The average Bonchev–Trinajstić information content (AvgIpc) is 2.54. The number of unbranched alkanes of at least 4 members (excludes halogenated alkanes) is 2. The molecule has 3 atom stereocenters. The number of fused-ring (bicyclic) bond motifs is 1. The number of hydrogen-bond donors (Lipinski definition) is 0. The van der Waals surface area contributed by atoms with Gasteiger partial charge in [-0.25, -0.2) is 0 Å². The van der Waals surface area contributed by atoms with Crippen molar-refractivity contribution in [1.82, 2.24) is 0 Å². The van der Waals surface area contributed by atoms with Crippen LogP contribution in [0.3, 0.4) is 0 Å². The molecule has 0 aromatic heterocycles. The standard InChI is InChI=1S/C15H24O2/c1-4-5-6-8-15(3)9-7-12-11(2)14(16)17-13(12)10-15/h10-12H,4-9H2,1-3H3. The van der Waals surface area contributed by atoms with Crippen LogP contribution in [0.5, 0.6) is 0 Å². The first-order valence-corrected chi connectivity index (χ1v) is 7.00. The van der Waals surface area contributed by atoms with Crippen LogP contribution in [0.2, 0.25) is 0 Å². The molecule has 0 radical (unpaired) electrons. The maximum absolute atomic E-state index is 11.5. The third kappa shape index (κ3) is 2.56. The predicted octanol–water partition coefficient (Wildman–Crippen LogP) is 4.06. The molecular weight excluding hydrogens is 212 g/mol. The average molecular weight is 236 g/mol. The van der Waals surface area contributed by atoms with Gasteiger partial charge in [0, 0.05) is 5.92 Å². The lowest BCUT2D eigenvalue weighted by molar-refractivity contribution is -0.138. The van der Waals surface area contributed by atoms with Gasteiger partial charge >= 0.3 is 5.97 Å². The Hall–Kier alpha value is -0.790. The number of carbonyl (C=O) groups excluding carboxylic acids is 1. The van der Waals surface area contributed by atoms with E-state index >= 15 is 0 Å². The lowest BCUT2D eigenvalue weighted by Crippen LogP contribution is -2.23. The van der Waals surface area contributed by atoms with Gasteiger partial charge in [0.05, 0.1) is 5.92 Å². The van der Waals surface area contributed by atoms with Crippen molar-refractivity contribution in [3.8, 4) is 0 Å². The zero-order valence-electron chi connectivity index (χ0n) is 11.3. The molecule has 0 spiro atoms. The molecule has 1 saturated heterocycles. The quantitative estimate of drug-likeness (QED) is 0.543. The van der Waals surface area contributed by atoms with Gasteiger partial charge < -0.3 is 4.74 Å². The van der Waals surface area contributed by atoms with Crippen LogP contribution in [-0.2, 0) is 9.53 Å². The molecule has 2 heteroatoms. The molecule has 2 nitrogen and oxygen atoms in total.